The third-order valence-corrected chi connectivity index (χ3v) is 9.49. The summed E-state index contributed by atoms with van der Waals surface area (Å²) in [5.41, 5.74) is 11.7. The summed E-state index contributed by atoms with van der Waals surface area (Å²) < 4.78 is 0. The molecule has 0 amide bonds. The number of nitrogens with zero attached hydrogens (tertiary/aromatic N) is 1. The van der Waals surface area contributed by atoms with E-state index in [-0.39, 0.29) is 0 Å². The maximum Gasteiger partial charge on any atom is 0.0708 e. The monoisotopic (exact) mass is 609 g/mol. The van der Waals surface area contributed by atoms with Gasteiger partial charge in [0.05, 0.1) is 5.69 Å². The molecular formula is C47H31N. The quantitative estimate of drug-likeness (QED) is 0.177. The van der Waals surface area contributed by atoms with Crippen LogP contribution in [0.25, 0.3) is 88.1 Å². The van der Waals surface area contributed by atoms with E-state index >= 15 is 0 Å². The molecule has 1 heterocycles. The fourth-order valence-electron chi connectivity index (χ4n) is 7.27. The van der Waals surface area contributed by atoms with E-state index in [0.717, 1.165) is 16.8 Å². The first-order valence-electron chi connectivity index (χ1n) is 16.5. The Bertz CT molecular complexity index is 2460. The zero-order valence-corrected chi connectivity index (χ0v) is 26.3. The van der Waals surface area contributed by atoms with Gasteiger partial charge in [-0.05, 0) is 95.5 Å². The van der Waals surface area contributed by atoms with Crippen LogP contribution in [0.15, 0.2) is 188 Å². The highest BCUT2D eigenvalue weighted by Gasteiger charge is 2.18. The van der Waals surface area contributed by atoms with Gasteiger partial charge >= 0.3 is 0 Å². The Morgan fingerprint density at radius 2 is 0.750 bits per heavy atom. The van der Waals surface area contributed by atoms with Gasteiger partial charge in [0, 0.05) is 17.3 Å². The number of fused-ring (bicyclic) bond motifs is 3. The van der Waals surface area contributed by atoms with Gasteiger partial charge in [0.15, 0.2) is 0 Å². The van der Waals surface area contributed by atoms with Crippen LogP contribution in [0, 0.1) is 0 Å². The predicted octanol–water partition coefficient (Wildman–Crippen LogP) is 12.9. The molecule has 0 aliphatic heterocycles. The average molecular weight is 610 g/mol. The van der Waals surface area contributed by atoms with E-state index in [1.165, 1.54) is 71.3 Å². The lowest BCUT2D eigenvalue weighted by Gasteiger charge is -2.19. The topological polar surface area (TPSA) is 12.9 Å². The van der Waals surface area contributed by atoms with Crippen LogP contribution < -0.4 is 0 Å². The predicted molar refractivity (Wildman–Crippen MR) is 204 cm³/mol. The van der Waals surface area contributed by atoms with Gasteiger partial charge in [-0.2, -0.15) is 0 Å². The number of rotatable bonds is 5. The Kier molecular flexibility index (Phi) is 6.87. The van der Waals surface area contributed by atoms with E-state index in [0.29, 0.717) is 0 Å². The largest absolute Gasteiger partial charge is 0.256 e. The second-order valence-electron chi connectivity index (χ2n) is 12.3. The minimum absolute atomic E-state index is 0.979. The molecule has 0 saturated heterocycles. The van der Waals surface area contributed by atoms with Gasteiger partial charge < -0.3 is 0 Å². The molecule has 224 valence electrons. The highest BCUT2D eigenvalue weighted by Crippen LogP contribution is 2.45. The van der Waals surface area contributed by atoms with Crippen LogP contribution in [-0.2, 0) is 0 Å². The van der Waals surface area contributed by atoms with Crippen LogP contribution in [0.5, 0.6) is 0 Å². The SMILES string of the molecule is c1ccc(-c2cc(-c3ccccc3)cc(-c3c4ccccc4c(-c4ccc(-c5cccc6ccccc56)nc4)c4ccccc34)c2)cc1. The smallest absolute Gasteiger partial charge is 0.0708 e. The lowest BCUT2D eigenvalue weighted by atomic mass is 9.84. The zero-order chi connectivity index (χ0) is 31.9. The summed E-state index contributed by atoms with van der Waals surface area (Å²) in [5, 5.41) is 7.34. The summed E-state index contributed by atoms with van der Waals surface area (Å²) in [4.78, 5) is 5.06. The first kappa shape index (κ1) is 28.0. The number of hydrogen-bond donors (Lipinski definition) is 0. The molecule has 0 saturated carbocycles. The number of benzene rings is 8. The van der Waals surface area contributed by atoms with Crippen LogP contribution in [0.2, 0.25) is 0 Å². The highest BCUT2D eigenvalue weighted by molar-refractivity contribution is 6.21. The standard InChI is InChI=1S/C47H31N/c1-3-14-32(15-4-1)36-28-37(33-16-5-2-6-17-33)30-38(29-36)47-43-23-11-9-21-41(43)46(42-22-10-12-24-44(42)47)35-26-27-45(48-31-35)40-25-13-19-34-18-7-8-20-39(34)40/h1-31H. The Morgan fingerprint density at radius 3 is 1.29 bits per heavy atom. The van der Waals surface area contributed by atoms with Crippen molar-refractivity contribution in [3.8, 4) is 55.8 Å². The second kappa shape index (κ2) is 11.8. The molecule has 0 aliphatic carbocycles. The molecule has 1 nitrogen and oxygen atoms in total. The van der Waals surface area contributed by atoms with Gasteiger partial charge in [-0.1, -0.05) is 158 Å². The molecule has 1 aromatic heterocycles. The average Bonchev–Trinajstić information content (AvgIpc) is 3.17. The van der Waals surface area contributed by atoms with Crippen molar-refractivity contribution in [1.82, 2.24) is 4.98 Å². The van der Waals surface area contributed by atoms with Gasteiger partial charge in [-0.3, -0.25) is 4.98 Å². The first-order valence-corrected chi connectivity index (χ1v) is 16.5. The molecule has 0 spiro atoms. The van der Waals surface area contributed by atoms with E-state index in [9.17, 15) is 0 Å². The zero-order valence-electron chi connectivity index (χ0n) is 26.3. The summed E-state index contributed by atoms with van der Waals surface area (Å²) in [7, 11) is 0. The summed E-state index contributed by atoms with van der Waals surface area (Å²) in [5.74, 6) is 0. The van der Waals surface area contributed by atoms with E-state index < -0.39 is 0 Å². The first-order chi connectivity index (χ1) is 23.8. The van der Waals surface area contributed by atoms with Crippen LogP contribution in [0.1, 0.15) is 0 Å². The van der Waals surface area contributed by atoms with Crippen LogP contribution in [0.4, 0.5) is 0 Å². The molecule has 0 unspecified atom stereocenters. The van der Waals surface area contributed by atoms with Gasteiger partial charge in [0.2, 0.25) is 0 Å². The third-order valence-electron chi connectivity index (χ3n) is 9.49. The van der Waals surface area contributed by atoms with Crippen molar-refractivity contribution in [2.24, 2.45) is 0 Å². The maximum absolute atomic E-state index is 5.06. The molecule has 0 bridgehead atoms. The minimum atomic E-state index is 0.979. The van der Waals surface area contributed by atoms with Crippen molar-refractivity contribution in [3.63, 3.8) is 0 Å². The van der Waals surface area contributed by atoms with E-state index in [1.807, 2.05) is 0 Å². The molecule has 9 aromatic rings. The number of hydrogen-bond acceptors (Lipinski definition) is 1. The van der Waals surface area contributed by atoms with Gasteiger partial charge in [-0.25, -0.2) is 0 Å². The Labute approximate surface area is 280 Å². The molecule has 0 N–H and O–H groups in total. The molecule has 0 atom stereocenters. The van der Waals surface area contributed by atoms with Crippen LogP contribution in [0.3, 0.4) is 0 Å². The second-order valence-corrected chi connectivity index (χ2v) is 12.3. The fraction of sp³-hybridized carbons (Fsp3) is 0. The number of aromatic nitrogens is 1. The van der Waals surface area contributed by atoms with Gasteiger partial charge in [0.25, 0.3) is 0 Å². The summed E-state index contributed by atoms with van der Waals surface area (Å²) in [6, 6.07) is 65.5. The summed E-state index contributed by atoms with van der Waals surface area (Å²) in [6.45, 7) is 0. The fourth-order valence-corrected chi connectivity index (χ4v) is 7.27. The molecular weight excluding hydrogens is 579 g/mol. The lowest BCUT2D eigenvalue weighted by molar-refractivity contribution is 1.34. The molecule has 0 aliphatic rings. The van der Waals surface area contributed by atoms with Crippen molar-refractivity contribution < 1.29 is 0 Å². The van der Waals surface area contributed by atoms with Crippen LogP contribution >= 0.6 is 0 Å². The van der Waals surface area contributed by atoms with Crippen molar-refractivity contribution in [2.75, 3.05) is 0 Å². The van der Waals surface area contributed by atoms with Gasteiger partial charge in [0.1, 0.15) is 0 Å². The molecule has 48 heavy (non-hydrogen) atoms. The van der Waals surface area contributed by atoms with E-state index in [4.69, 9.17) is 4.98 Å². The van der Waals surface area contributed by atoms with E-state index in [2.05, 4.69) is 188 Å². The lowest BCUT2D eigenvalue weighted by Crippen LogP contribution is -1.93. The normalized spacial score (nSPS) is 11.3. The van der Waals surface area contributed by atoms with Crippen molar-refractivity contribution >= 4 is 32.3 Å². The Hall–Kier alpha value is -6.31. The Balaban J connectivity index is 1.27. The molecule has 0 fully saturated rings. The molecule has 9 rings (SSSR count). The van der Waals surface area contributed by atoms with Crippen molar-refractivity contribution in [1.29, 1.82) is 0 Å². The highest BCUT2D eigenvalue weighted by atomic mass is 14.7. The third kappa shape index (κ3) is 4.85. The summed E-state index contributed by atoms with van der Waals surface area (Å²) >= 11 is 0. The summed E-state index contributed by atoms with van der Waals surface area (Å²) in [6.07, 6.45) is 2.05. The minimum Gasteiger partial charge on any atom is -0.256 e. The van der Waals surface area contributed by atoms with Gasteiger partial charge in [-0.15, -0.1) is 0 Å². The molecule has 8 aromatic carbocycles. The maximum atomic E-state index is 5.06. The van der Waals surface area contributed by atoms with Crippen molar-refractivity contribution in [3.05, 3.63) is 188 Å². The molecule has 0 radical (unpaired) electrons. The molecule has 1 heteroatoms. The van der Waals surface area contributed by atoms with E-state index in [1.54, 1.807) is 0 Å². The van der Waals surface area contributed by atoms with Crippen molar-refractivity contribution in [2.45, 2.75) is 0 Å². The number of pyridine rings is 1. The van der Waals surface area contributed by atoms with Crippen LogP contribution in [-0.4, -0.2) is 4.98 Å². The Morgan fingerprint density at radius 1 is 0.292 bits per heavy atom.